The molecule has 1 N–H and O–H groups in total. The summed E-state index contributed by atoms with van der Waals surface area (Å²) in [4.78, 5) is 14.0. The molecule has 5 heteroatoms. The minimum absolute atomic E-state index is 0.130. The molecule has 0 radical (unpaired) electrons. The van der Waals surface area contributed by atoms with Crippen molar-refractivity contribution < 1.29 is 19.0 Å². The topological polar surface area (TPSA) is 49.8 Å². The average molecular weight is 307 g/mol. The molecule has 1 amide bonds. The molecule has 2 fully saturated rings. The minimum atomic E-state index is -1.03. The van der Waals surface area contributed by atoms with E-state index < -0.39 is 11.7 Å². The number of carbonyl (C=O) groups is 1. The van der Waals surface area contributed by atoms with Gasteiger partial charge in [-0.3, -0.25) is 4.79 Å². The monoisotopic (exact) mass is 307 g/mol. The molecular formula is C17H22FNO3. The molecule has 1 saturated heterocycles. The van der Waals surface area contributed by atoms with Crippen molar-refractivity contribution in [3.63, 3.8) is 0 Å². The molecule has 1 aliphatic carbocycles. The number of likely N-dealkylation sites (tertiary alicyclic amines) is 1. The third kappa shape index (κ3) is 3.58. The molecule has 120 valence electrons. The fraction of sp³-hybridized carbons (Fsp3) is 0.588. The van der Waals surface area contributed by atoms with Gasteiger partial charge in [0.15, 0.2) is 0 Å². The number of benzene rings is 1. The highest BCUT2D eigenvalue weighted by atomic mass is 19.1. The number of hydrogen-bond acceptors (Lipinski definition) is 3. The summed E-state index contributed by atoms with van der Waals surface area (Å²) in [6.45, 7) is 2.59. The quantitative estimate of drug-likeness (QED) is 0.929. The second-order valence-electron chi connectivity index (χ2n) is 6.66. The Bertz CT molecular complexity index is 557. The van der Waals surface area contributed by atoms with Crippen LogP contribution in [0.5, 0.6) is 5.75 Å². The van der Waals surface area contributed by atoms with Gasteiger partial charge in [0.05, 0.1) is 6.54 Å². The number of hydrogen-bond donors (Lipinski definition) is 1. The second kappa shape index (κ2) is 5.88. The zero-order valence-electron chi connectivity index (χ0n) is 12.8. The number of ether oxygens (including phenoxy) is 1. The van der Waals surface area contributed by atoms with Crippen LogP contribution in [0.1, 0.15) is 32.6 Å². The van der Waals surface area contributed by atoms with E-state index in [2.05, 4.69) is 0 Å². The van der Waals surface area contributed by atoms with E-state index >= 15 is 0 Å². The summed E-state index contributed by atoms with van der Waals surface area (Å²) in [5.74, 6) is 0.666. The molecule has 4 nitrogen and oxygen atoms in total. The summed E-state index contributed by atoms with van der Waals surface area (Å²) in [6.07, 6.45) is 2.78. The number of halogens is 1. The molecule has 1 saturated carbocycles. The Morgan fingerprint density at radius 1 is 1.50 bits per heavy atom. The molecule has 0 unspecified atom stereocenters. The average Bonchev–Trinajstić information content (AvgIpc) is 3.25. The van der Waals surface area contributed by atoms with Crippen LogP contribution in [0.15, 0.2) is 24.3 Å². The summed E-state index contributed by atoms with van der Waals surface area (Å²) in [6, 6.07) is 5.86. The van der Waals surface area contributed by atoms with Crippen molar-refractivity contribution in [3.05, 3.63) is 30.1 Å². The molecule has 0 bridgehead atoms. The van der Waals surface area contributed by atoms with E-state index in [9.17, 15) is 14.3 Å². The van der Waals surface area contributed by atoms with Gasteiger partial charge in [-0.25, -0.2) is 4.39 Å². The smallest absolute Gasteiger partial charge is 0.222 e. The highest BCUT2D eigenvalue weighted by Gasteiger charge is 2.41. The van der Waals surface area contributed by atoms with Crippen LogP contribution in [-0.2, 0) is 4.79 Å². The maximum atomic E-state index is 13.3. The molecular weight excluding hydrogens is 285 g/mol. The van der Waals surface area contributed by atoms with Crippen LogP contribution in [-0.4, -0.2) is 40.7 Å². The maximum Gasteiger partial charge on any atom is 0.222 e. The Morgan fingerprint density at radius 2 is 2.27 bits per heavy atom. The van der Waals surface area contributed by atoms with Crippen LogP contribution >= 0.6 is 0 Å². The van der Waals surface area contributed by atoms with E-state index in [1.54, 1.807) is 24.0 Å². The van der Waals surface area contributed by atoms with Crippen LogP contribution < -0.4 is 4.74 Å². The molecule has 1 aromatic carbocycles. The molecule has 2 aliphatic rings. The summed E-state index contributed by atoms with van der Waals surface area (Å²) >= 11 is 0. The normalized spacial score (nSPS) is 28.5. The zero-order valence-corrected chi connectivity index (χ0v) is 12.8. The highest BCUT2D eigenvalue weighted by molar-refractivity contribution is 5.77. The Balaban J connectivity index is 1.67. The number of nitrogens with zero attached hydrogens (tertiary/aromatic N) is 1. The molecule has 1 heterocycles. The van der Waals surface area contributed by atoms with Gasteiger partial charge in [0.25, 0.3) is 0 Å². The van der Waals surface area contributed by atoms with Crippen molar-refractivity contribution in [2.45, 2.75) is 44.3 Å². The van der Waals surface area contributed by atoms with Gasteiger partial charge in [-0.2, -0.15) is 0 Å². The Hall–Kier alpha value is -1.62. The Labute approximate surface area is 129 Å². The van der Waals surface area contributed by atoms with Gasteiger partial charge in [-0.05, 0) is 44.2 Å². The van der Waals surface area contributed by atoms with Crippen LogP contribution in [0.25, 0.3) is 0 Å². The fourth-order valence-corrected chi connectivity index (χ4v) is 2.80. The number of piperidine rings is 1. The molecule has 22 heavy (non-hydrogen) atoms. The number of carbonyl (C=O) groups excluding carboxylic acids is 1. The lowest BCUT2D eigenvalue weighted by atomic mass is 9.90. The number of aliphatic hydroxyl groups is 1. The Morgan fingerprint density at radius 3 is 2.95 bits per heavy atom. The third-order valence-electron chi connectivity index (χ3n) is 4.56. The van der Waals surface area contributed by atoms with Gasteiger partial charge in [0.1, 0.15) is 23.3 Å². The predicted molar refractivity (Wildman–Crippen MR) is 80.0 cm³/mol. The highest BCUT2D eigenvalue weighted by Crippen LogP contribution is 2.34. The summed E-state index contributed by atoms with van der Waals surface area (Å²) in [5, 5.41) is 10.5. The minimum Gasteiger partial charge on any atom is -0.485 e. The van der Waals surface area contributed by atoms with Crippen LogP contribution in [0.3, 0.4) is 0 Å². The van der Waals surface area contributed by atoms with Gasteiger partial charge < -0.3 is 14.7 Å². The fourth-order valence-electron chi connectivity index (χ4n) is 2.80. The van der Waals surface area contributed by atoms with Crippen molar-refractivity contribution in [1.82, 2.24) is 4.90 Å². The number of amides is 1. The lowest BCUT2D eigenvalue weighted by molar-refractivity contribution is -0.143. The van der Waals surface area contributed by atoms with Gasteiger partial charge in [0, 0.05) is 19.0 Å². The van der Waals surface area contributed by atoms with Crippen LogP contribution in [0.4, 0.5) is 4.39 Å². The van der Waals surface area contributed by atoms with Crippen molar-refractivity contribution in [1.29, 1.82) is 0 Å². The van der Waals surface area contributed by atoms with Crippen LogP contribution in [0, 0.1) is 11.7 Å². The standard InChI is InChI=1S/C17H22FNO3/c1-17(21)7-8-19(16(20)9-12-5-6-12)11-15(17)22-14-4-2-3-13(18)10-14/h2-4,10,12,15,21H,5-9,11H2,1H3/t15-,17-/m1/s1. The molecule has 2 atom stereocenters. The molecule has 1 aliphatic heterocycles. The van der Waals surface area contributed by atoms with Crippen molar-refractivity contribution in [2.24, 2.45) is 5.92 Å². The van der Waals surface area contributed by atoms with Crippen LogP contribution in [0.2, 0.25) is 0 Å². The first-order valence-corrected chi connectivity index (χ1v) is 7.86. The van der Waals surface area contributed by atoms with Gasteiger partial charge in [-0.1, -0.05) is 6.07 Å². The first-order valence-electron chi connectivity index (χ1n) is 7.86. The summed E-state index contributed by atoms with van der Waals surface area (Å²) < 4.78 is 19.0. The van der Waals surface area contributed by atoms with Crippen molar-refractivity contribution in [3.8, 4) is 5.75 Å². The Kier molecular flexibility index (Phi) is 4.08. The lowest BCUT2D eigenvalue weighted by Gasteiger charge is -2.42. The van der Waals surface area contributed by atoms with E-state index in [0.29, 0.717) is 37.6 Å². The largest absolute Gasteiger partial charge is 0.485 e. The summed E-state index contributed by atoms with van der Waals surface area (Å²) in [7, 11) is 0. The van der Waals surface area contributed by atoms with E-state index in [1.165, 1.54) is 12.1 Å². The SMILES string of the molecule is C[C@@]1(O)CCN(C(=O)CC2CC2)C[C@H]1Oc1cccc(F)c1. The first-order chi connectivity index (χ1) is 10.4. The third-order valence-corrected chi connectivity index (χ3v) is 4.56. The lowest BCUT2D eigenvalue weighted by Crippen LogP contribution is -2.57. The van der Waals surface area contributed by atoms with E-state index in [4.69, 9.17) is 4.74 Å². The number of rotatable bonds is 4. The molecule has 0 spiro atoms. The molecule has 0 aromatic heterocycles. The molecule has 3 rings (SSSR count). The van der Waals surface area contributed by atoms with E-state index in [0.717, 1.165) is 12.8 Å². The van der Waals surface area contributed by atoms with Gasteiger partial charge in [-0.15, -0.1) is 0 Å². The first kappa shape index (κ1) is 15.3. The van der Waals surface area contributed by atoms with Gasteiger partial charge in [0.2, 0.25) is 5.91 Å². The molecule has 1 aromatic rings. The van der Waals surface area contributed by atoms with Crippen molar-refractivity contribution >= 4 is 5.91 Å². The van der Waals surface area contributed by atoms with Gasteiger partial charge >= 0.3 is 0 Å². The predicted octanol–water partition coefficient (Wildman–Crippen LogP) is 2.36. The second-order valence-corrected chi connectivity index (χ2v) is 6.66. The van der Waals surface area contributed by atoms with E-state index in [-0.39, 0.29) is 11.7 Å². The summed E-state index contributed by atoms with van der Waals surface area (Å²) in [5.41, 5.74) is -1.03. The maximum absolute atomic E-state index is 13.3. The zero-order chi connectivity index (χ0) is 15.7. The van der Waals surface area contributed by atoms with E-state index in [1.807, 2.05) is 0 Å². The van der Waals surface area contributed by atoms with Crippen molar-refractivity contribution in [2.75, 3.05) is 13.1 Å².